The van der Waals surface area contributed by atoms with Gasteiger partial charge in [-0.2, -0.15) is 5.10 Å². The summed E-state index contributed by atoms with van der Waals surface area (Å²) in [7, 11) is 0. The lowest BCUT2D eigenvalue weighted by molar-refractivity contribution is 0.911. The summed E-state index contributed by atoms with van der Waals surface area (Å²) in [6.07, 6.45) is 1.80. The summed E-state index contributed by atoms with van der Waals surface area (Å²) in [4.78, 5) is 0. The zero-order valence-electron chi connectivity index (χ0n) is 10.7. The van der Waals surface area contributed by atoms with Gasteiger partial charge in [-0.1, -0.05) is 38.1 Å². The molecule has 0 radical (unpaired) electrons. The number of hydrogen-bond acceptors (Lipinski definition) is 2. The number of benzene rings is 2. The van der Waals surface area contributed by atoms with E-state index in [0.29, 0.717) is 0 Å². The van der Waals surface area contributed by atoms with Crippen LogP contribution in [0.5, 0.6) is 0 Å². The van der Waals surface area contributed by atoms with Gasteiger partial charge in [0.25, 0.3) is 0 Å². The first-order valence-corrected chi connectivity index (χ1v) is 6.14. The van der Waals surface area contributed by atoms with E-state index < -0.39 is 0 Å². The quantitative estimate of drug-likeness (QED) is 0.659. The fraction of sp³-hybridized carbons (Fsp3) is 0.133. The number of nitrogen functional groups attached to an aromatic ring is 1. The molecule has 3 nitrogen and oxygen atoms in total. The average molecular weight is 239 g/mol. The summed E-state index contributed by atoms with van der Waals surface area (Å²) in [5.41, 5.74) is 8.74. The Labute approximate surface area is 107 Å². The molecule has 1 heterocycles. The largest absolute Gasteiger partial charge is 0.398 e. The van der Waals surface area contributed by atoms with Crippen LogP contribution in [0, 0.1) is 0 Å². The van der Waals surface area contributed by atoms with Crippen LogP contribution < -0.4 is 5.73 Å². The monoisotopic (exact) mass is 239 g/mol. The van der Waals surface area contributed by atoms with E-state index in [1.165, 1.54) is 0 Å². The number of nitrogens with zero attached hydrogens (tertiary/aromatic N) is 2. The first-order chi connectivity index (χ1) is 8.86. The molecular formula is C15H17N3. The van der Waals surface area contributed by atoms with E-state index in [-0.39, 0.29) is 0 Å². The van der Waals surface area contributed by atoms with Gasteiger partial charge in [-0.3, -0.25) is 0 Å². The van der Waals surface area contributed by atoms with Crippen LogP contribution in [0.3, 0.4) is 0 Å². The maximum absolute atomic E-state index is 5.89. The predicted molar refractivity (Wildman–Crippen MR) is 76.8 cm³/mol. The molecule has 0 aliphatic heterocycles. The van der Waals surface area contributed by atoms with Crippen LogP contribution in [0.25, 0.3) is 16.6 Å². The first-order valence-electron chi connectivity index (χ1n) is 6.14. The van der Waals surface area contributed by atoms with Crippen LogP contribution >= 0.6 is 0 Å². The molecule has 3 heteroatoms. The van der Waals surface area contributed by atoms with Crippen molar-refractivity contribution < 1.29 is 0 Å². The summed E-state index contributed by atoms with van der Waals surface area (Å²) < 4.78 is 1.89. The van der Waals surface area contributed by atoms with E-state index in [1.807, 2.05) is 67.1 Å². The lowest BCUT2D eigenvalue weighted by Crippen LogP contribution is -1.95. The van der Waals surface area contributed by atoms with Crippen molar-refractivity contribution in [2.24, 2.45) is 0 Å². The van der Waals surface area contributed by atoms with Gasteiger partial charge in [0.2, 0.25) is 0 Å². The van der Waals surface area contributed by atoms with Gasteiger partial charge in [-0.05, 0) is 24.3 Å². The van der Waals surface area contributed by atoms with Gasteiger partial charge >= 0.3 is 0 Å². The molecule has 3 aromatic rings. The van der Waals surface area contributed by atoms with E-state index in [0.717, 1.165) is 22.3 Å². The number of para-hydroxylation sites is 1. The van der Waals surface area contributed by atoms with Crippen molar-refractivity contribution in [1.29, 1.82) is 0 Å². The molecule has 0 atom stereocenters. The van der Waals surface area contributed by atoms with Gasteiger partial charge in [0.05, 0.1) is 17.4 Å². The van der Waals surface area contributed by atoms with Gasteiger partial charge in [0.15, 0.2) is 0 Å². The fourth-order valence-corrected chi connectivity index (χ4v) is 1.85. The van der Waals surface area contributed by atoms with Crippen molar-refractivity contribution in [3.63, 3.8) is 0 Å². The Morgan fingerprint density at radius 2 is 1.67 bits per heavy atom. The smallest absolute Gasteiger partial charge is 0.0761 e. The molecule has 0 unspecified atom stereocenters. The SMILES string of the molecule is CC.Nc1cccc2c1cnn2-c1ccccc1. The lowest BCUT2D eigenvalue weighted by Gasteiger charge is -2.03. The van der Waals surface area contributed by atoms with Crippen molar-refractivity contribution in [1.82, 2.24) is 9.78 Å². The highest BCUT2D eigenvalue weighted by molar-refractivity contribution is 5.91. The third-order valence-corrected chi connectivity index (χ3v) is 2.65. The molecule has 0 spiro atoms. The van der Waals surface area contributed by atoms with Crippen LogP contribution in [0.15, 0.2) is 54.7 Å². The summed E-state index contributed by atoms with van der Waals surface area (Å²) in [5.74, 6) is 0. The zero-order valence-corrected chi connectivity index (χ0v) is 10.7. The van der Waals surface area contributed by atoms with Crippen LogP contribution in [0.2, 0.25) is 0 Å². The topological polar surface area (TPSA) is 43.8 Å². The van der Waals surface area contributed by atoms with E-state index >= 15 is 0 Å². The maximum atomic E-state index is 5.89. The van der Waals surface area contributed by atoms with Crippen LogP contribution in [0.4, 0.5) is 5.69 Å². The summed E-state index contributed by atoms with van der Waals surface area (Å²) >= 11 is 0. The van der Waals surface area contributed by atoms with Gasteiger partial charge in [-0.15, -0.1) is 0 Å². The number of rotatable bonds is 1. The highest BCUT2D eigenvalue weighted by Crippen LogP contribution is 2.22. The van der Waals surface area contributed by atoms with Crippen molar-refractivity contribution in [2.75, 3.05) is 5.73 Å². The molecule has 2 N–H and O–H groups in total. The molecule has 0 saturated heterocycles. The fourth-order valence-electron chi connectivity index (χ4n) is 1.85. The van der Waals surface area contributed by atoms with E-state index in [9.17, 15) is 0 Å². The second kappa shape index (κ2) is 5.36. The molecule has 0 saturated carbocycles. The highest BCUT2D eigenvalue weighted by Gasteiger charge is 2.05. The second-order valence-corrected chi connectivity index (χ2v) is 3.67. The Hall–Kier alpha value is -2.29. The van der Waals surface area contributed by atoms with Crippen LogP contribution in [-0.2, 0) is 0 Å². The Morgan fingerprint density at radius 1 is 0.944 bits per heavy atom. The summed E-state index contributed by atoms with van der Waals surface area (Å²) in [5, 5.41) is 5.36. The van der Waals surface area contributed by atoms with E-state index in [2.05, 4.69) is 5.10 Å². The third kappa shape index (κ3) is 2.07. The molecule has 0 fully saturated rings. The third-order valence-electron chi connectivity index (χ3n) is 2.65. The Balaban J connectivity index is 0.000000574. The second-order valence-electron chi connectivity index (χ2n) is 3.67. The van der Waals surface area contributed by atoms with Crippen molar-refractivity contribution in [3.05, 3.63) is 54.7 Å². The Morgan fingerprint density at radius 3 is 2.39 bits per heavy atom. The number of anilines is 1. The number of hydrogen-bond donors (Lipinski definition) is 1. The van der Waals surface area contributed by atoms with E-state index in [1.54, 1.807) is 6.20 Å². The molecular weight excluding hydrogens is 222 g/mol. The molecule has 0 aliphatic carbocycles. The van der Waals surface area contributed by atoms with Gasteiger partial charge < -0.3 is 5.73 Å². The molecule has 0 aliphatic rings. The number of fused-ring (bicyclic) bond motifs is 1. The van der Waals surface area contributed by atoms with Gasteiger partial charge in [0.1, 0.15) is 0 Å². The normalized spacial score (nSPS) is 9.89. The summed E-state index contributed by atoms with van der Waals surface area (Å²) in [6.45, 7) is 4.00. The lowest BCUT2D eigenvalue weighted by atomic mass is 10.2. The summed E-state index contributed by atoms with van der Waals surface area (Å²) in [6, 6.07) is 15.9. The van der Waals surface area contributed by atoms with Crippen molar-refractivity contribution >= 4 is 16.6 Å². The van der Waals surface area contributed by atoms with Crippen LogP contribution in [0.1, 0.15) is 13.8 Å². The number of aromatic nitrogens is 2. The standard InChI is InChI=1S/C13H11N3.C2H6/c14-12-7-4-8-13-11(12)9-15-16(13)10-5-2-1-3-6-10;1-2/h1-9H,14H2;1-2H3. The minimum atomic E-state index is 0.764. The molecule has 18 heavy (non-hydrogen) atoms. The molecule has 0 amide bonds. The molecule has 0 bridgehead atoms. The minimum absolute atomic E-state index is 0.764. The van der Waals surface area contributed by atoms with Gasteiger partial charge in [0, 0.05) is 11.1 Å². The molecule has 2 aromatic carbocycles. The molecule has 92 valence electrons. The Kier molecular flexibility index (Phi) is 3.63. The predicted octanol–water partition coefficient (Wildman–Crippen LogP) is 3.63. The first kappa shape index (κ1) is 12.2. The zero-order chi connectivity index (χ0) is 13.0. The maximum Gasteiger partial charge on any atom is 0.0761 e. The molecule has 3 rings (SSSR count). The minimum Gasteiger partial charge on any atom is -0.398 e. The highest BCUT2D eigenvalue weighted by atomic mass is 15.3. The van der Waals surface area contributed by atoms with E-state index in [4.69, 9.17) is 5.73 Å². The van der Waals surface area contributed by atoms with Crippen molar-refractivity contribution in [2.45, 2.75) is 13.8 Å². The van der Waals surface area contributed by atoms with Crippen molar-refractivity contribution in [3.8, 4) is 5.69 Å². The molecule has 1 aromatic heterocycles. The van der Waals surface area contributed by atoms with Crippen LogP contribution in [-0.4, -0.2) is 9.78 Å². The number of nitrogens with two attached hydrogens (primary N) is 1. The van der Waals surface area contributed by atoms with Gasteiger partial charge in [-0.25, -0.2) is 4.68 Å². The Bertz CT molecular complexity index is 627. The average Bonchev–Trinajstić information content (AvgIpc) is 2.87.